The smallest absolute Gasteiger partial charge is 0.253 e. The largest absolute Gasteiger partial charge is 0.347 e. The number of nitrogens with one attached hydrogen (secondary N) is 1. The zero-order chi connectivity index (χ0) is 11.6. The van der Waals surface area contributed by atoms with Crippen LogP contribution in [0.15, 0.2) is 22.7 Å². The van der Waals surface area contributed by atoms with Crippen molar-refractivity contribution in [2.45, 2.75) is 33.2 Å². The lowest BCUT2D eigenvalue weighted by Crippen LogP contribution is -2.41. The summed E-state index contributed by atoms with van der Waals surface area (Å²) in [4.78, 5) is 12.0. The van der Waals surface area contributed by atoms with Crippen molar-refractivity contribution in [2.75, 3.05) is 0 Å². The molecule has 82 valence electrons. The van der Waals surface area contributed by atoms with E-state index >= 15 is 0 Å². The monoisotopic (exact) mass is 269 g/mol. The number of carbonyl (C=O) groups is 1. The maximum Gasteiger partial charge on any atom is 0.253 e. The highest BCUT2D eigenvalue weighted by atomic mass is 79.9. The van der Waals surface area contributed by atoms with Gasteiger partial charge in [-0.2, -0.15) is 0 Å². The fraction of sp³-hybridized carbons (Fsp3) is 0.417. The Morgan fingerprint density at radius 2 is 1.93 bits per heavy atom. The van der Waals surface area contributed by atoms with Gasteiger partial charge < -0.3 is 5.32 Å². The minimum atomic E-state index is -0.210. The molecule has 0 spiro atoms. The number of rotatable bonds is 1. The highest BCUT2D eigenvalue weighted by Crippen LogP contribution is 2.20. The van der Waals surface area contributed by atoms with Gasteiger partial charge in [0.15, 0.2) is 0 Å². The predicted molar refractivity (Wildman–Crippen MR) is 66.1 cm³/mol. The average molecular weight is 270 g/mol. The van der Waals surface area contributed by atoms with Crippen LogP contribution in [0.2, 0.25) is 0 Å². The van der Waals surface area contributed by atoms with E-state index in [4.69, 9.17) is 0 Å². The number of benzene rings is 1. The van der Waals surface area contributed by atoms with Crippen molar-refractivity contribution in [3.05, 3.63) is 33.8 Å². The standard InChI is InChI=1S/C12H16BrNO/c1-8-6-5-7-9(13)10(8)11(15)14-12(2,3)4/h5-7H,1-4H3,(H,14,15). The van der Waals surface area contributed by atoms with Crippen molar-refractivity contribution in [3.8, 4) is 0 Å². The molecule has 1 aromatic rings. The number of carbonyl (C=O) groups excluding carboxylic acids is 1. The molecule has 0 unspecified atom stereocenters. The molecular formula is C12H16BrNO. The van der Waals surface area contributed by atoms with E-state index in [1.54, 1.807) is 0 Å². The SMILES string of the molecule is Cc1cccc(Br)c1C(=O)NC(C)(C)C. The molecule has 0 aliphatic heterocycles. The van der Waals surface area contributed by atoms with Gasteiger partial charge in [-0.25, -0.2) is 0 Å². The van der Waals surface area contributed by atoms with Crippen molar-refractivity contribution >= 4 is 21.8 Å². The summed E-state index contributed by atoms with van der Waals surface area (Å²) in [5.74, 6) is -0.0347. The third kappa shape index (κ3) is 3.34. The number of amides is 1. The third-order valence-electron chi connectivity index (χ3n) is 1.94. The maximum atomic E-state index is 12.0. The van der Waals surface area contributed by atoms with Gasteiger partial charge in [0.1, 0.15) is 0 Å². The van der Waals surface area contributed by atoms with Gasteiger partial charge in [-0.1, -0.05) is 12.1 Å². The second-order valence-corrected chi connectivity index (χ2v) is 5.49. The first-order valence-corrected chi connectivity index (χ1v) is 5.68. The van der Waals surface area contributed by atoms with Crippen LogP contribution in [0.4, 0.5) is 0 Å². The molecule has 0 aromatic heterocycles. The zero-order valence-corrected chi connectivity index (χ0v) is 11.1. The molecule has 2 nitrogen and oxygen atoms in total. The van der Waals surface area contributed by atoms with E-state index in [1.807, 2.05) is 45.9 Å². The van der Waals surface area contributed by atoms with Crippen LogP contribution in [0.3, 0.4) is 0 Å². The molecule has 1 rings (SSSR count). The van der Waals surface area contributed by atoms with Gasteiger partial charge in [-0.05, 0) is 55.3 Å². The molecule has 1 N–H and O–H groups in total. The van der Waals surface area contributed by atoms with E-state index in [1.165, 1.54) is 0 Å². The Morgan fingerprint density at radius 1 is 1.33 bits per heavy atom. The molecule has 0 saturated carbocycles. The van der Waals surface area contributed by atoms with Gasteiger partial charge in [0.05, 0.1) is 5.56 Å². The Hall–Kier alpha value is -0.830. The van der Waals surface area contributed by atoms with Gasteiger partial charge in [-0.3, -0.25) is 4.79 Å². The first kappa shape index (κ1) is 12.2. The van der Waals surface area contributed by atoms with E-state index in [-0.39, 0.29) is 11.4 Å². The van der Waals surface area contributed by atoms with Crippen molar-refractivity contribution < 1.29 is 4.79 Å². The van der Waals surface area contributed by atoms with Crippen molar-refractivity contribution in [1.82, 2.24) is 5.32 Å². The number of aryl methyl sites for hydroxylation is 1. The van der Waals surface area contributed by atoms with Crippen molar-refractivity contribution in [1.29, 1.82) is 0 Å². The second kappa shape index (κ2) is 4.35. The van der Waals surface area contributed by atoms with E-state index < -0.39 is 0 Å². The predicted octanol–water partition coefficient (Wildman–Crippen LogP) is 3.29. The van der Waals surface area contributed by atoms with Crippen LogP contribution in [-0.2, 0) is 0 Å². The topological polar surface area (TPSA) is 29.1 Å². The molecule has 0 atom stereocenters. The summed E-state index contributed by atoms with van der Waals surface area (Å²) >= 11 is 3.39. The summed E-state index contributed by atoms with van der Waals surface area (Å²) in [5.41, 5.74) is 1.48. The lowest BCUT2D eigenvalue weighted by Gasteiger charge is -2.21. The lowest BCUT2D eigenvalue weighted by molar-refractivity contribution is 0.0918. The molecule has 0 saturated heterocycles. The molecule has 1 aromatic carbocycles. The molecule has 0 radical (unpaired) electrons. The summed E-state index contributed by atoms with van der Waals surface area (Å²) in [7, 11) is 0. The van der Waals surface area contributed by atoms with E-state index in [0.717, 1.165) is 10.0 Å². The highest BCUT2D eigenvalue weighted by molar-refractivity contribution is 9.10. The van der Waals surface area contributed by atoms with E-state index in [0.29, 0.717) is 5.56 Å². The van der Waals surface area contributed by atoms with Crippen LogP contribution in [0, 0.1) is 6.92 Å². The van der Waals surface area contributed by atoms with E-state index in [9.17, 15) is 4.79 Å². The highest BCUT2D eigenvalue weighted by Gasteiger charge is 2.18. The first-order valence-electron chi connectivity index (χ1n) is 4.89. The summed E-state index contributed by atoms with van der Waals surface area (Å²) in [6.07, 6.45) is 0. The summed E-state index contributed by atoms with van der Waals surface area (Å²) in [6, 6.07) is 5.74. The second-order valence-electron chi connectivity index (χ2n) is 4.64. The Morgan fingerprint density at radius 3 is 2.40 bits per heavy atom. The van der Waals surface area contributed by atoms with Gasteiger partial charge in [0.25, 0.3) is 5.91 Å². The molecule has 0 fully saturated rings. The van der Waals surface area contributed by atoms with E-state index in [2.05, 4.69) is 21.2 Å². The van der Waals surface area contributed by atoms with Crippen LogP contribution in [0.5, 0.6) is 0 Å². The van der Waals surface area contributed by atoms with Crippen LogP contribution in [0.1, 0.15) is 36.7 Å². The van der Waals surface area contributed by atoms with Crippen LogP contribution >= 0.6 is 15.9 Å². The summed E-state index contributed by atoms with van der Waals surface area (Å²) in [5, 5.41) is 2.95. The summed E-state index contributed by atoms with van der Waals surface area (Å²) in [6.45, 7) is 7.84. The van der Waals surface area contributed by atoms with Gasteiger partial charge in [-0.15, -0.1) is 0 Å². The Bertz CT molecular complexity index is 359. The number of hydrogen-bond acceptors (Lipinski definition) is 1. The zero-order valence-electron chi connectivity index (χ0n) is 9.52. The van der Waals surface area contributed by atoms with Crippen LogP contribution < -0.4 is 5.32 Å². The van der Waals surface area contributed by atoms with Gasteiger partial charge in [0, 0.05) is 10.0 Å². The van der Waals surface area contributed by atoms with Crippen molar-refractivity contribution in [2.24, 2.45) is 0 Å². The Labute approximate surface area is 99.2 Å². The Balaban J connectivity index is 3.02. The van der Waals surface area contributed by atoms with Crippen LogP contribution in [-0.4, -0.2) is 11.4 Å². The normalized spacial score (nSPS) is 11.3. The molecule has 1 amide bonds. The minimum absolute atomic E-state index is 0.0347. The average Bonchev–Trinajstić information content (AvgIpc) is 1.99. The fourth-order valence-corrected chi connectivity index (χ4v) is 1.97. The minimum Gasteiger partial charge on any atom is -0.347 e. The quantitative estimate of drug-likeness (QED) is 0.833. The maximum absolute atomic E-state index is 12.0. The molecule has 0 bridgehead atoms. The summed E-state index contributed by atoms with van der Waals surface area (Å²) < 4.78 is 0.837. The van der Waals surface area contributed by atoms with Gasteiger partial charge in [0.2, 0.25) is 0 Å². The molecule has 0 aliphatic carbocycles. The lowest BCUT2D eigenvalue weighted by atomic mass is 10.1. The number of halogens is 1. The molecule has 0 aliphatic rings. The Kier molecular flexibility index (Phi) is 3.55. The van der Waals surface area contributed by atoms with Crippen molar-refractivity contribution in [3.63, 3.8) is 0 Å². The third-order valence-corrected chi connectivity index (χ3v) is 2.60. The first-order chi connectivity index (χ1) is 6.81. The molecule has 3 heteroatoms. The molecule has 15 heavy (non-hydrogen) atoms. The van der Waals surface area contributed by atoms with Gasteiger partial charge >= 0.3 is 0 Å². The number of hydrogen-bond donors (Lipinski definition) is 1. The molecule has 0 heterocycles. The van der Waals surface area contributed by atoms with Crippen LogP contribution in [0.25, 0.3) is 0 Å². The fourth-order valence-electron chi connectivity index (χ4n) is 1.32. The molecular weight excluding hydrogens is 254 g/mol.